The van der Waals surface area contributed by atoms with Crippen LogP contribution in [0.5, 0.6) is 0 Å². The molecular formula is C38H46N6O2. The molecule has 8 heteroatoms. The molecule has 2 amide bonds. The molecule has 1 aliphatic rings. The van der Waals surface area contributed by atoms with Crippen molar-refractivity contribution in [2.45, 2.75) is 46.8 Å². The van der Waals surface area contributed by atoms with E-state index in [1.54, 1.807) is 24.5 Å². The van der Waals surface area contributed by atoms with Gasteiger partial charge >= 0.3 is 0 Å². The van der Waals surface area contributed by atoms with Crippen LogP contribution in [0.15, 0.2) is 91.3 Å². The third-order valence-electron chi connectivity index (χ3n) is 8.28. The molecule has 2 heterocycles. The molecule has 1 fully saturated rings. The molecular weight excluding hydrogens is 572 g/mol. The van der Waals surface area contributed by atoms with Gasteiger partial charge in [0.15, 0.2) is 0 Å². The van der Waals surface area contributed by atoms with E-state index in [9.17, 15) is 9.59 Å². The van der Waals surface area contributed by atoms with Crippen LogP contribution in [0.25, 0.3) is 11.1 Å². The van der Waals surface area contributed by atoms with Crippen LogP contribution in [-0.4, -0.2) is 59.8 Å². The molecule has 4 aromatic rings. The van der Waals surface area contributed by atoms with Gasteiger partial charge in [0.1, 0.15) is 0 Å². The number of carbonyl (C=O) groups excluding carboxylic acids is 2. The standard InChI is InChI=1S/C38H46N6O2/c1-38(2,3)23-36(45)44(26-29-9-5-8-28(20-29)24-39)27-30-10-6-11-31(21-30)32-13-14-35(43-18-16-42(4)17-19-43)34(22-32)41-37(46)33-12-7-15-40-25-33/h5-15,20-22,25H,16-19,23-24,26-27,39H2,1-4H3,(H,41,46). The number of amides is 2. The summed E-state index contributed by atoms with van der Waals surface area (Å²) in [6.45, 7) is 11.4. The quantitative estimate of drug-likeness (QED) is 0.221. The number of rotatable bonds is 10. The Morgan fingerprint density at radius 3 is 2.20 bits per heavy atom. The Kier molecular flexibility index (Phi) is 10.5. The van der Waals surface area contributed by atoms with E-state index in [4.69, 9.17) is 5.73 Å². The van der Waals surface area contributed by atoms with E-state index in [-0.39, 0.29) is 17.2 Å². The lowest BCUT2D eigenvalue weighted by Gasteiger charge is -2.35. The van der Waals surface area contributed by atoms with Crippen LogP contribution in [0.3, 0.4) is 0 Å². The number of nitrogens with one attached hydrogen (secondary N) is 1. The minimum absolute atomic E-state index is 0.119. The van der Waals surface area contributed by atoms with E-state index in [2.05, 4.69) is 96.5 Å². The van der Waals surface area contributed by atoms with Gasteiger partial charge in [-0.3, -0.25) is 14.6 Å². The van der Waals surface area contributed by atoms with Crippen LogP contribution in [0.2, 0.25) is 0 Å². The molecule has 3 aromatic carbocycles. The first-order valence-corrected chi connectivity index (χ1v) is 16.0. The maximum atomic E-state index is 13.6. The number of carbonyl (C=O) groups is 2. The molecule has 3 N–H and O–H groups in total. The number of benzene rings is 3. The topological polar surface area (TPSA) is 94.8 Å². The molecule has 46 heavy (non-hydrogen) atoms. The maximum absolute atomic E-state index is 13.6. The molecule has 0 radical (unpaired) electrons. The van der Waals surface area contributed by atoms with E-state index >= 15 is 0 Å². The monoisotopic (exact) mass is 618 g/mol. The molecule has 0 unspecified atom stereocenters. The molecule has 0 bridgehead atoms. The maximum Gasteiger partial charge on any atom is 0.257 e. The predicted octanol–water partition coefficient (Wildman–Crippen LogP) is 6.18. The number of anilines is 2. The summed E-state index contributed by atoms with van der Waals surface area (Å²) in [6, 6.07) is 26.3. The first-order chi connectivity index (χ1) is 22.1. The molecule has 0 atom stereocenters. The fourth-order valence-corrected chi connectivity index (χ4v) is 5.77. The number of aromatic nitrogens is 1. The third-order valence-corrected chi connectivity index (χ3v) is 8.28. The van der Waals surface area contributed by atoms with E-state index in [1.807, 2.05) is 23.1 Å². The number of hydrogen-bond donors (Lipinski definition) is 2. The van der Waals surface area contributed by atoms with Gasteiger partial charge in [0.2, 0.25) is 5.91 Å². The summed E-state index contributed by atoms with van der Waals surface area (Å²) in [4.78, 5) is 37.6. The number of hydrogen-bond acceptors (Lipinski definition) is 6. The highest BCUT2D eigenvalue weighted by molar-refractivity contribution is 6.06. The second-order valence-corrected chi connectivity index (χ2v) is 13.4. The highest BCUT2D eigenvalue weighted by Crippen LogP contribution is 2.33. The SMILES string of the molecule is CN1CCN(c2ccc(-c3cccc(CN(Cc4cccc(CN)c4)C(=O)CC(C)(C)C)c3)cc2NC(=O)c2cccnc2)CC1. The molecule has 1 aliphatic heterocycles. The lowest BCUT2D eigenvalue weighted by Crippen LogP contribution is -2.44. The Balaban J connectivity index is 1.44. The average Bonchev–Trinajstić information content (AvgIpc) is 3.05. The normalized spacial score (nSPS) is 13.8. The summed E-state index contributed by atoms with van der Waals surface area (Å²) in [5.41, 5.74) is 13.2. The first-order valence-electron chi connectivity index (χ1n) is 16.0. The van der Waals surface area contributed by atoms with E-state index in [0.29, 0.717) is 31.6 Å². The minimum Gasteiger partial charge on any atom is -0.367 e. The zero-order valence-corrected chi connectivity index (χ0v) is 27.5. The van der Waals surface area contributed by atoms with Crippen molar-refractivity contribution < 1.29 is 9.59 Å². The first kappa shape index (κ1) is 32.9. The Hall–Kier alpha value is -4.53. The van der Waals surface area contributed by atoms with Crippen LogP contribution >= 0.6 is 0 Å². The smallest absolute Gasteiger partial charge is 0.257 e. The molecule has 1 aromatic heterocycles. The second kappa shape index (κ2) is 14.7. The van der Waals surface area contributed by atoms with Crippen molar-refractivity contribution >= 4 is 23.2 Å². The van der Waals surface area contributed by atoms with Gasteiger partial charge in [-0.2, -0.15) is 0 Å². The summed E-state index contributed by atoms with van der Waals surface area (Å²) >= 11 is 0. The van der Waals surface area contributed by atoms with Crippen molar-refractivity contribution in [3.05, 3.63) is 114 Å². The molecule has 5 rings (SSSR count). The van der Waals surface area contributed by atoms with Crippen molar-refractivity contribution in [3.63, 3.8) is 0 Å². The van der Waals surface area contributed by atoms with Gasteiger partial charge in [-0.1, -0.05) is 69.3 Å². The van der Waals surface area contributed by atoms with Crippen LogP contribution in [0.4, 0.5) is 11.4 Å². The summed E-state index contributed by atoms with van der Waals surface area (Å²) in [5.74, 6) is -0.0749. The van der Waals surface area contributed by atoms with Gasteiger partial charge in [-0.15, -0.1) is 0 Å². The van der Waals surface area contributed by atoms with Gasteiger partial charge in [0.25, 0.3) is 5.91 Å². The number of nitrogens with two attached hydrogens (primary N) is 1. The van der Waals surface area contributed by atoms with Crippen molar-refractivity contribution in [2.75, 3.05) is 43.4 Å². The lowest BCUT2D eigenvalue weighted by molar-refractivity contribution is -0.134. The summed E-state index contributed by atoms with van der Waals surface area (Å²) < 4.78 is 0. The van der Waals surface area contributed by atoms with Gasteiger partial charge in [-0.25, -0.2) is 0 Å². The van der Waals surface area contributed by atoms with Crippen LogP contribution in [0.1, 0.15) is 54.2 Å². The van der Waals surface area contributed by atoms with Crippen LogP contribution in [0, 0.1) is 5.41 Å². The predicted molar refractivity (Wildman–Crippen MR) is 186 cm³/mol. The summed E-state index contributed by atoms with van der Waals surface area (Å²) in [6.07, 6.45) is 3.70. The number of pyridine rings is 1. The van der Waals surface area contributed by atoms with Crippen molar-refractivity contribution in [2.24, 2.45) is 11.1 Å². The Labute approximate surface area is 273 Å². The van der Waals surface area contributed by atoms with Gasteiger partial charge in [0, 0.05) is 64.6 Å². The van der Waals surface area contributed by atoms with Crippen molar-refractivity contribution in [3.8, 4) is 11.1 Å². The third kappa shape index (κ3) is 8.80. The van der Waals surface area contributed by atoms with Crippen LogP contribution in [-0.2, 0) is 24.4 Å². The molecule has 0 spiro atoms. The van der Waals surface area contributed by atoms with E-state index in [0.717, 1.165) is 65.4 Å². The van der Waals surface area contributed by atoms with E-state index in [1.165, 1.54) is 0 Å². The highest BCUT2D eigenvalue weighted by atomic mass is 16.2. The van der Waals surface area contributed by atoms with Gasteiger partial charge < -0.3 is 25.8 Å². The molecule has 1 saturated heterocycles. The lowest BCUT2D eigenvalue weighted by atomic mass is 9.91. The zero-order valence-electron chi connectivity index (χ0n) is 27.5. The van der Waals surface area contributed by atoms with E-state index < -0.39 is 0 Å². The zero-order chi connectivity index (χ0) is 32.7. The highest BCUT2D eigenvalue weighted by Gasteiger charge is 2.23. The van der Waals surface area contributed by atoms with Gasteiger partial charge in [-0.05, 0) is 70.6 Å². The fourth-order valence-electron chi connectivity index (χ4n) is 5.77. The van der Waals surface area contributed by atoms with Crippen LogP contribution < -0.4 is 16.0 Å². The summed E-state index contributed by atoms with van der Waals surface area (Å²) in [7, 11) is 2.13. The Morgan fingerprint density at radius 1 is 0.848 bits per heavy atom. The molecule has 8 nitrogen and oxygen atoms in total. The fraction of sp³-hybridized carbons (Fsp3) is 0.342. The summed E-state index contributed by atoms with van der Waals surface area (Å²) in [5, 5.41) is 3.17. The van der Waals surface area contributed by atoms with Crippen molar-refractivity contribution in [1.82, 2.24) is 14.8 Å². The Bertz CT molecular complexity index is 1640. The molecule has 0 saturated carbocycles. The molecule has 240 valence electrons. The second-order valence-electron chi connectivity index (χ2n) is 13.4. The number of nitrogens with zero attached hydrogens (tertiary/aromatic N) is 4. The average molecular weight is 619 g/mol. The number of piperazine rings is 1. The largest absolute Gasteiger partial charge is 0.367 e. The Morgan fingerprint density at radius 2 is 1.52 bits per heavy atom. The minimum atomic E-state index is -0.193. The van der Waals surface area contributed by atoms with Gasteiger partial charge in [0.05, 0.1) is 16.9 Å². The van der Waals surface area contributed by atoms with Crippen molar-refractivity contribution in [1.29, 1.82) is 0 Å². The number of likely N-dealkylation sites (N-methyl/N-ethyl adjacent to an activating group) is 1. The molecule has 0 aliphatic carbocycles.